The van der Waals surface area contributed by atoms with E-state index >= 15 is 0 Å². The van der Waals surface area contributed by atoms with Crippen LogP contribution >= 0.6 is 0 Å². The Morgan fingerprint density at radius 3 is 2.76 bits per heavy atom. The number of pyridine rings is 1. The van der Waals surface area contributed by atoms with Crippen molar-refractivity contribution in [1.29, 1.82) is 0 Å². The van der Waals surface area contributed by atoms with Crippen LogP contribution in [0.3, 0.4) is 0 Å². The van der Waals surface area contributed by atoms with Gasteiger partial charge in [0.2, 0.25) is 5.82 Å². The van der Waals surface area contributed by atoms with Crippen molar-refractivity contribution in [3.8, 4) is 28.7 Å². The van der Waals surface area contributed by atoms with Gasteiger partial charge in [-0.05, 0) is 24.6 Å². The minimum Gasteiger partial charge on any atom is -0.497 e. The van der Waals surface area contributed by atoms with Crippen LogP contribution in [0.4, 0.5) is 11.6 Å². The number of fused-ring (bicyclic) bond motifs is 1. The zero-order valence-electron chi connectivity index (χ0n) is 18.6. The molecule has 0 aliphatic heterocycles. The van der Waals surface area contributed by atoms with Crippen LogP contribution < -0.4 is 15.8 Å². The van der Waals surface area contributed by atoms with Crippen LogP contribution in [0.15, 0.2) is 49.2 Å². The lowest BCUT2D eigenvalue weighted by atomic mass is 10.1. The van der Waals surface area contributed by atoms with Crippen LogP contribution in [0, 0.1) is 6.92 Å². The fraction of sp³-hybridized carbons (Fsp3) is 0.227. The Morgan fingerprint density at radius 1 is 1.12 bits per heavy atom. The maximum Gasteiger partial charge on any atom is 0.218 e. The smallest absolute Gasteiger partial charge is 0.218 e. The third kappa shape index (κ3) is 3.78. The van der Waals surface area contributed by atoms with Crippen molar-refractivity contribution < 1.29 is 4.74 Å². The van der Waals surface area contributed by atoms with Crippen molar-refractivity contribution >= 4 is 17.2 Å². The molecule has 0 saturated heterocycles. The Labute approximate surface area is 189 Å². The first kappa shape index (κ1) is 20.6. The molecule has 0 atom stereocenters. The first-order valence-corrected chi connectivity index (χ1v) is 10.5. The highest BCUT2D eigenvalue weighted by molar-refractivity contribution is 5.84. The quantitative estimate of drug-likeness (QED) is 0.392. The molecule has 168 valence electrons. The molecule has 5 aromatic heterocycles. The van der Waals surface area contributed by atoms with Crippen molar-refractivity contribution in [3.05, 3.63) is 54.7 Å². The van der Waals surface area contributed by atoms with Gasteiger partial charge in [-0.1, -0.05) is 0 Å². The number of aromatic nitrogens is 8. The largest absolute Gasteiger partial charge is 0.497 e. The second-order valence-corrected chi connectivity index (χ2v) is 7.57. The van der Waals surface area contributed by atoms with Gasteiger partial charge in [-0.3, -0.25) is 4.68 Å². The maximum atomic E-state index is 5.67. The van der Waals surface area contributed by atoms with Gasteiger partial charge < -0.3 is 20.4 Å². The van der Waals surface area contributed by atoms with E-state index < -0.39 is 0 Å². The number of imidazole rings is 1. The van der Waals surface area contributed by atoms with Crippen molar-refractivity contribution in [2.75, 3.05) is 19.0 Å². The predicted molar refractivity (Wildman–Crippen MR) is 124 cm³/mol. The maximum absolute atomic E-state index is 5.67. The standard InChI is InChI=1S/C22H24N10O/c1-14-16(17-5-9-31(28-17)10-6-23)13-32-19(14)20(26-18-12-15(33-3)4-7-24-18)27-21(29-32)22-25-8-11-30(22)2/h4-5,7-9,11-13H,6,10,23H2,1-3H3,(H,24,26,27,29). The van der Waals surface area contributed by atoms with Gasteiger partial charge >= 0.3 is 0 Å². The minimum absolute atomic E-state index is 0.482. The van der Waals surface area contributed by atoms with Crippen LogP contribution in [0.5, 0.6) is 5.75 Å². The first-order valence-electron chi connectivity index (χ1n) is 10.5. The summed E-state index contributed by atoms with van der Waals surface area (Å²) in [5.41, 5.74) is 9.29. The van der Waals surface area contributed by atoms with E-state index in [1.54, 1.807) is 25.6 Å². The first-order chi connectivity index (χ1) is 16.1. The molecule has 11 heteroatoms. The second kappa shape index (κ2) is 8.36. The topological polar surface area (TPSA) is 126 Å². The van der Waals surface area contributed by atoms with Crippen molar-refractivity contribution in [1.82, 2.24) is 38.9 Å². The molecule has 0 aromatic carbocycles. The fourth-order valence-corrected chi connectivity index (χ4v) is 3.74. The Kier molecular flexibility index (Phi) is 5.23. The highest BCUT2D eigenvalue weighted by Crippen LogP contribution is 2.32. The van der Waals surface area contributed by atoms with E-state index in [9.17, 15) is 0 Å². The van der Waals surface area contributed by atoms with E-state index in [-0.39, 0.29) is 0 Å². The van der Waals surface area contributed by atoms with Gasteiger partial charge in [-0.15, -0.1) is 5.10 Å². The van der Waals surface area contributed by atoms with Crippen LogP contribution in [0.2, 0.25) is 0 Å². The number of anilines is 2. The van der Waals surface area contributed by atoms with Crippen LogP contribution in [0.1, 0.15) is 5.56 Å². The van der Waals surface area contributed by atoms with Crippen LogP contribution in [-0.2, 0) is 13.6 Å². The number of methoxy groups -OCH3 is 1. The average molecular weight is 445 g/mol. The SMILES string of the molecule is COc1ccnc(Nc2nc(-c3nccn3C)nn3cc(-c4ccn(CCN)n4)c(C)c23)c1. The van der Waals surface area contributed by atoms with Gasteiger partial charge in [0, 0.05) is 56.2 Å². The Hall–Kier alpha value is -4.25. The number of nitrogens with two attached hydrogens (primary N) is 1. The summed E-state index contributed by atoms with van der Waals surface area (Å²) in [5.74, 6) is 3.04. The molecule has 3 N–H and O–H groups in total. The van der Waals surface area contributed by atoms with Crippen molar-refractivity contribution in [2.45, 2.75) is 13.5 Å². The number of nitrogens with zero attached hydrogens (tertiary/aromatic N) is 8. The summed E-state index contributed by atoms with van der Waals surface area (Å²) >= 11 is 0. The molecule has 0 fully saturated rings. The lowest BCUT2D eigenvalue weighted by Gasteiger charge is -2.10. The molecule has 0 aliphatic rings. The van der Waals surface area contributed by atoms with E-state index in [4.69, 9.17) is 20.6 Å². The van der Waals surface area contributed by atoms with Crippen LogP contribution in [-0.4, -0.2) is 52.6 Å². The lowest BCUT2D eigenvalue weighted by molar-refractivity contribution is 0.414. The summed E-state index contributed by atoms with van der Waals surface area (Å²) in [6.07, 6.45) is 9.14. The Morgan fingerprint density at radius 2 is 2.00 bits per heavy atom. The van der Waals surface area contributed by atoms with E-state index in [1.165, 1.54) is 0 Å². The zero-order valence-corrected chi connectivity index (χ0v) is 18.6. The molecule has 5 rings (SSSR count). The Bertz CT molecular complexity index is 1430. The number of aryl methyl sites for hydroxylation is 2. The lowest BCUT2D eigenvalue weighted by Crippen LogP contribution is -2.10. The van der Waals surface area contributed by atoms with Gasteiger partial charge in [-0.2, -0.15) is 5.10 Å². The molecule has 0 unspecified atom stereocenters. The molecule has 33 heavy (non-hydrogen) atoms. The molecule has 0 spiro atoms. The summed E-state index contributed by atoms with van der Waals surface area (Å²) in [7, 11) is 3.53. The molecule has 5 aromatic rings. The summed E-state index contributed by atoms with van der Waals surface area (Å²) in [4.78, 5) is 13.6. The molecule has 5 heterocycles. The highest BCUT2D eigenvalue weighted by Gasteiger charge is 2.20. The van der Waals surface area contributed by atoms with E-state index in [2.05, 4.69) is 20.4 Å². The summed E-state index contributed by atoms with van der Waals surface area (Å²) in [5, 5.41) is 12.7. The predicted octanol–water partition coefficient (Wildman–Crippen LogP) is 2.41. The van der Waals surface area contributed by atoms with Gasteiger partial charge in [0.1, 0.15) is 17.1 Å². The average Bonchev–Trinajstić information content (AvgIpc) is 3.53. The van der Waals surface area contributed by atoms with Gasteiger partial charge in [0.25, 0.3) is 0 Å². The molecule has 11 nitrogen and oxygen atoms in total. The van der Waals surface area contributed by atoms with Gasteiger partial charge in [0.15, 0.2) is 11.6 Å². The fourth-order valence-electron chi connectivity index (χ4n) is 3.74. The third-order valence-corrected chi connectivity index (χ3v) is 5.39. The zero-order chi connectivity index (χ0) is 22.9. The number of ether oxygens (including phenoxy) is 1. The number of hydrogen-bond acceptors (Lipinski definition) is 8. The number of rotatable bonds is 7. The number of hydrogen-bond donors (Lipinski definition) is 2. The van der Waals surface area contributed by atoms with E-state index in [0.717, 1.165) is 22.3 Å². The molecule has 0 aliphatic carbocycles. The van der Waals surface area contributed by atoms with Gasteiger partial charge in [0.05, 0.1) is 19.3 Å². The summed E-state index contributed by atoms with van der Waals surface area (Å²) in [6.45, 7) is 3.21. The summed E-state index contributed by atoms with van der Waals surface area (Å²) < 4.78 is 10.9. The van der Waals surface area contributed by atoms with Crippen molar-refractivity contribution in [2.24, 2.45) is 12.8 Å². The highest BCUT2D eigenvalue weighted by atomic mass is 16.5. The molecular formula is C22H24N10O. The molecule has 0 amide bonds. The van der Waals surface area contributed by atoms with E-state index in [1.807, 2.05) is 58.5 Å². The molecule has 0 radical (unpaired) electrons. The summed E-state index contributed by atoms with van der Waals surface area (Å²) in [6, 6.07) is 5.58. The van der Waals surface area contributed by atoms with Gasteiger partial charge in [-0.25, -0.2) is 19.5 Å². The van der Waals surface area contributed by atoms with E-state index in [0.29, 0.717) is 42.1 Å². The third-order valence-electron chi connectivity index (χ3n) is 5.39. The van der Waals surface area contributed by atoms with Crippen LogP contribution in [0.25, 0.3) is 28.4 Å². The monoisotopic (exact) mass is 444 g/mol. The molecule has 0 saturated carbocycles. The second-order valence-electron chi connectivity index (χ2n) is 7.57. The minimum atomic E-state index is 0.482. The molecule has 0 bridgehead atoms. The molecular weight excluding hydrogens is 420 g/mol. The number of nitrogens with one attached hydrogen (secondary N) is 1. The van der Waals surface area contributed by atoms with Crippen molar-refractivity contribution in [3.63, 3.8) is 0 Å². The normalized spacial score (nSPS) is 11.3. The Balaban J connectivity index is 1.68.